The fourth-order valence-electron chi connectivity index (χ4n) is 2.23. The number of nitrogens with one attached hydrogen (secondary N) is 1. The van der Waals surface area contributed by atoms with E-state index in [0.717, 1.165) is 31.5 Å². The summed E-state index contributed by atoms with van der Waals surface area (Å²) in [6.45, 7) is 4.15. The van der Waals surface area contributed by atoms with Gasteiger partial charge in [0.2, 0.25) is 0 Å². The molecule has 1 heterocycles. The minimum Gasteiger partial charge on any atom is -0.495 e. The molecule has 1 aliphatic heterocycles. The second kappa shape index (κ2) is 6.41. The second-order valence-corrected chi connectivity index (χ2v) is 5.03. The Hall–Kier alpha value is -0.770. The van der Waals surface area contributed by atoms with Crippen LogP contribution in [0.25, 0.3) is 0 Å². The van der Waals surface area contributed by atoms with Crippen LogP contribution in [0, 0.1) is 0 Å². The van der Waals surface area contributed by atoms with Crippen molar-refractivity contribution in [1.29, 1.82) is 0 Å². The zero-order valence-corrected chi connectivity index (χ0v) is 11.7. The molecule has 4 heteroatoms. The molecular formula is C14H20ClNO2. The summed E-state index contributed by atoms with van der Waals surface area (Å²) in [5.41, 5.74) is 1.10. The molecule has 0 bridgehead atoms. The van der Waals surface area contributed by atoms with Gasteiger partial charge < -0.3 is 14.8 Å². The van der Waals surface area contributed by atoms with Gasteiger partial charge in [-0.15, -0.1) is 0 Å². The number of benzene rings is 1. The van der Waals surface area contributed by atoms with Crippen molar-refractivity contribution in [2.45, 2.75) is 32.0 Å². The summed E-state index contributed by atoms with van der Waals surface area (Å²) in [7, 11) is 1.62. The number of methoxy groups -OCH3 is 1. The highest BCUT2D eigenvalue weighted by Gasteiger charge is 2.18. The number of halogens is 1. The molecule has 1 N–H and O–H groups in total. The molecule has 0 aliphatic carbocycles. The van der Waals surface area contributed by atoms with E-state index in [0.29, 0.717) is 16.9 Å². The van der Waals surface area contributed by atoms with Gasteiger partial charge in [-0.2, -0.15) is 0 Å². The Morgan fingerprint density at radius 1 is 1.33 bits per heavy atom. The van der Waals surface area contributed by atoms with Crippen LogP contribution in [0.5, 0.6) is 5.75 Å². The van der Waals surface area contributed by atoms with Crippen LogP contribution in [0.3, 0.4) is 0 Å². The van der Waals surface area contributed by atoms with Crippen molar-refractivity contribution >= 4 is 11.6 Å². The van der Waals surface area contributed by atoms with Crippen LogP contribution in [0.2, 0.25) is 5.02 Å². The Bertz CT molecular complexity index is 391. The topological polar surface area (TPSA) is 30.5 Å². The summed E-state index contributed by atoms with van der Waals surface area (Å²) in [6.07, 6.45) is 2.57. The van der Waals surface area contributed by atoms with E-state index in [1.807, 2.05) is 18.2 Å². The minimum atomic E-state index is 0.0662. The number of hydrogen-bond donors (Lipinski definition) is 1. The van der Waals surface area contributed by atoms with Gasteiger partial charge in [-0.25, -0.2) is 0 Å². The second-order valence-electron chi connectivity index (χ2n) is 4.62. The van der Waals surface area contributed by atoms with E-state index >= 15 is 0 Å². The predicted molar refractivity (Wildman–Crippen MR) is 73.4 cm³/mol. The first-order valence-electron chi connectivity index (χ1n) is 6.40. The molecular weight excluding hydrogens is 250 g/mol. The van der Waals surface area contributed by atoms with Crippen LogP contribution in [0.4, 0.5) is 0 Å². The van der Waals surface area contributed by atoms with Crippen molar-refractivity contribution in [3.63, 3.8) is 0 Å². The van der Waals surface area contributed by atoms with E-state index in [4.69, 9.17) is 21.1 Å². The van der Waals surface area contributed by atoms with E-state index < -0.39 is 0 Å². The standard InChI is InChI=1S/C14H20ClNO2/c1-10(18-12-5-7-16-8-6-12)11-3-4-14(17-2)13(15)9-11/h3-4,9-10,12,16H,5-8H2,1-2H3. The lowest BCUT2D eigenvalue weighted by Gasteiger charge is -2.26. The summed E-state index contributed by atoms with van der Waals surface area (Å²) in [4.78, 5) is 0. The SMILES string of the molecule is COc1ccc(C(C)OC2CCNCC2)cc1Cl. The molecule has 1 aromatic carbocycles. The third kappa shape index (κ3) is 3.37. The van der Waals surface area contributed by atoms with Crippen molar-refractivity contribution in [2.24, 2.45) is 0 Å². The highest BCUT2D eigenvalue weighted by molar-refractivity contribution is 6.32. The number of rotatable bonds is 4. The molecule has 3 nitrogen and oxygen atoms in total. The molecule has 0 aromatic heterocycles. The van der Waals surface area contributed by atoms with Gasteiger partial charge >= 0.3 is 0 Å². The third-order valence-corrected chi connectivity index (χ3v) is 3.62. The quantitative estimate of drug-likeness (QED) is 0.911. The summed E-state index contributed by atoms with van der Waals surface area (Å²) < 4.78 is 11.2. The van der Waals surface area contributed by atoms with Crippen molar-refractivity contribution in [3.8, 4) is 5.75 Å². The van der Waals surface area contributed by atoms with Gasteiger partial charge in [0.25, 0.3) is 0 Å². The Labute approximate surface area is 113 Å². The van der Waals surface area contributed by atoms with Crippen molar-refractivity contribution < 1.29 is 9.47 Å². The van der Waals surface area contributed by atoms with Crippen LogP contribution < -0.4 is 10.1 Å². The molecule has 0 spiro atoms. The van der Waals surface area contributed by atoms with Crippen LogP contribution in [0.15, 0.2) is 18.2 Å². The predicted octanol–water partition coefficient (Wildman–Crippen LogP) is 3.18. The first kappa shape index (κ1) is 13.7. The highest BCUT2D eigenvalue weighted by Crippen LogP contribution is 2.29. The average molecular weight is 270 g/mol. The zero-order chi connectivity index (χ0) is 13.0. The first-order valence-corrected chi connectivity index (χ1v) is 6.78. The van der Waals surface area contributed by atoms with E-state index in [9.17, 15) is 0 Å². The normalized spacial score (nSPS) is 18.6. The summed E-state index contributed by atoms with van der Waals surface area (Å²) in [5, 5.41) is 3.97. The Balaban J connectivity index is 1.99. The third-order valence-electron chi connectivity index (χ3n) is 3.33. The molecule has 18 heavy (non-hydrogen) atoms. The van der Waals surface area contributed by atoms with Gasteiger partial charge in [0, 0.05) is 0 Å². The zero-order valence-electron chi connectivity index (χ0n) is 10.9. The van der Waals surface area contributed by atoms with E-state index in [1.165, 1.54) is 0 Å². The molecule has 100 valence electrons. The van der Waals surface area contributed by atoms with Gasteiger partial charge in [0.15, 0.2) is 0 Å². The Kier molecular flexibility index (Phi) is 4.87. The maximum Gasteiger partial charge on any atom is 0.137 e. The first-order chi connectivity index (χ1) is 8.70. The molecule has 0 saturated carbocycles. The van der Waals surface area contributed by atoms with Crippen molar-refractivity contribution in [2.75, 3.05) is 20.2 Å². The molecule has 1 unspecified atom stereocenters. The molecule has 1 aromatic rings. The van der Waals surface area contributed by atoms with Crippen LogP contribution in [0.1, 0.15) is 31.4 Å². The van der Waals surface area contributed by atoms with Crippen molar-refractivity contribution in [3.05, 3.63) is 28.8 Å². The van der Waals surface area contributed by atoms with Gasteiger partial charge in [-0.05, 0) is 50.6 Å². The summed E-state index contributed by atoms with van der Waals surface area (Å²) in [6, 6.07) is 5.82. The highest BCUT2D eigenvalue weighted by atomic mass is 35.5. The lowest BCUT2D eigenvalue weighted by molar-refractivity contribution is -0.0186. The minimum absolute atomic E-state index is 0.0662. The van der Waals surface area contributed by atoms with E-state index in [1.54, 1.807) is 7.11 Å². The Morgan fingerprint density at radius 3 is 2.67 bits per heavy atom. The number of hydrogen-bond acceptors (Lipinski definition) is 3. The summed E-state index contributed by atoms with van der Waals surface area (Å²) >= 11 is 6.13. The summed E-state index contributed by atoms with van der Waals surface area (Å²) in [5.74, 6) is 0.703. The maximum atomic E-state index is 6.13. The monoisotopic (exact) mass is 269 g/mol. The van der Waals surface area contributed by atoms with E-state index in [-0.39, 0.29) is 6.10 Å². The van der Waals surface area contributed by atoms with Crippen molar-refractivity contribution in [1.82, 2.24) is 5.32 Å². The van der Waals surface area contributed by atoms with Gasteiger partial charge in [-0.1, -0.05) is 17.7 Å². The van der Waals surface area contributed by atoms with Crippen LogP contribution in [-0.4, -0.2) is 26.3 Å². The number of piperidine rings is 1. The fourth-order valence-corrected chi connectivity index (χ4v) is 2.50. The lowest BCUT2D eigenvalue weighted by Crippen LogP contribution is -2.33. The molecule has 1 atom stereocenters. The van der Waals surface area contributed by atoms with Gasteiger partial charge in [0.05, 0.1) is 24.3 Å². The van der Waals surface area contributed by atoms with Crippen LogP contribution in [-0.2, 0) is 4.74 Å². The molecule has 2 rings (SSSR count). The van der Waals surface area contributed by atoms with E-state index in [2.05, 4.69) is 12.2 Å². The van der Waals surface area contributed by atoms with Crippen LogP contribution >= 0.6 is 11.6 Å². The molecule has 1 saturated heterocycles. The Morgan fingerprint density at radius 2 is 2.06 bits per heavy atom. The molecule has 0 radical (unpaired) electrons. The van der Waals surface area contributed by atoms with Gasteiger partial charge in [0.1, 0.15) is 5.75 Å². The fraction of sp³-hybridized carbons (Fsp3) is 0.571. The van der Waals surface area contributed by atoms with Gasteiger partial charge in [-0.3, -0.25) is 0 Å². The molecule has 1 fully saturated rings. The average Bonchev–Trinajstić information content (AvgIpc) is 2.39. The largest absolute Gasteiger partial charge is 0.495 e. The molecule has 0 amide bonds. The smallest absolute Gasteiger partial charge is 0.137 e. The maximum absolute atomic E-state index is 6.13. The lowest BCUT2D eigenvalue weighted by atomic mass is 10.1. The number of ether oxygens (including phenoxy) is 2. The molecule has 1 aliphatic rings.